The molecule has 1 aliphatic rings. The van der Waals surface area contributed by atoms with Crippen LogP contribution in [0.3, 0.4) is 0 Å². The van der Waals surface area contributed by atoms with Gasteiger partial charge in [-0.05, 0) is 43.0 Å². The number of nitrogens with zero attached hydrogens (tertiary/aromatic N) is 3. The summed E-state index contributed by atoms with van der Waals surface area (Å²) in [6.07, 6.45) is 0.418. The molecule has 7 heteroatoms. The third kappa shape index (κ3) is 2.45. The van der Waals surface area contributed by atoms with Crippen LogP contribution in [-0.2, 0) is 4.79 Å². The number of para-hydroxylation sites is 2. The minimum atomic E-state index is -0.0250. The Labute approximate surface area is 176 Å². The molecule has 0 aliphatic carbocycles. The van der Waals surface area contributed by atoms with Gasteiger partial charge in [0.25, 0.3) is 0 Å². The first-order valence-electron chi connectivity index (χ1n) is 9.92. The topological polar surface area (TPSA) is 75.6 Å². The summed E-state index contributed by atoms with van der Waals surface area (Å²) in [5.41, 5.74) is 5.02. The van der Waals surface area contributed by atoms with E-state index < -0.39 is 0 Å². The van der Waals surface area contributed by atoms with Crippen molar-refractivity contribution in [2.24, 2.45) is 0 Å². The fourth-order valence-corrected chi connectivity index (χ4v) is 5.73. The lowest BCUT2D eigenvalue weighted by atomic mass is 9.84. The Morgan fingerprint density at radius 3 is 2.73 bits per heavy atom. The van der Waals surface area contributed by atoms with E-state index in [1.54, 1.807) is 16.0 Å². The fourth-order valence-electron chi connectivity index (χ4n) is 4.61. The molecule has 0 radical (unpaired) electrons. The second-order valence-electron chi connectivity index (χ2n) is 7.71. The predicted octanol–water partition coefficient (Wildman–Crippen LogP) is 5.05. The standard InChI is InChI=1S/C23H19N5OS/c1-12-20-15(21-13(2)30-18-10-6-3-7-14(18)21)11-19(29)26-22(20)28(27-12)23-24-16-8-4-5-9-17(16)25-23/h3-10,15H,11H2,1-2H3,(H,24,25)(H,26,29)/t15-/m0/s1. The Morgan fingerprint density at radius 1 is 1.07 bits per heavy atom. The number of rotatable bonds is 2. The van der Waals surface area contributed by atoms with Gasteiger partial charge in [0.1, 0.15) is 5.82 Å². The number of carbonyl (C=O) groups is 1. The number of aryl methyl sites for hydroxylation is 2. The van der Waals surface area contributed by atoms with Crippen LogP contribution in [0.5, 0.6) is 0 Å². The molecule has 1 amide bonds. The molecule has 6 nitrogen and oxygen atoms in total. The summed E-state index contributed by atoms with van der Waals surface area (Å²) in [6.45, 7) is 4.15. The SMILES string of the molecule is Cc1nn(-c2nc3ccccc3[nH]2)c2c1[C@@H](c1c(C)sc3ccccc13)CC(=O)N2. The van der Waals surface area contributed by atoms with E-state index in [4.69, 9.17) is 5.10 Å². The molecule has 5 aromatic rings. The molecular weight excluding hydrogens is 394 g/mol. The van der Waals surface area contributed by atoms with E-state index in [1.165, 1.54) is 20.5 Å². The number of fused-ring (bicyclic) bond motifs is 3. The van der Waals surface area contributed by atoms with E-state index in [0.29, 0.717) is 18.2 Å². The van der Waals surface area contributed by atoms with Crippen molar-refractivity contribution >= 4 is 44.2 Å². The van der Waals surface area contributed by atoms with Gasteiger partial charge in [0.05, 0.1) is 16.7 Å². The molecule has 3 aromatic heterocycles. The molecule has 1 aliphatic heterocycles. The Kier molecular flexibility index (Phi) is 3.64. The van der Waals surface area contributed by atoms with Gasteiger partial charge in [0.15, 0.2) is 0 Å². The molecule has 1 atom stereocenters. The molecule has 6 rings (SSSR count). The fraction of sp³-hybridized carbons (Fsp3) is 0.174. The number of nitrogens with one attached hydrogen (secondary N) is 2. The molecule has 0 spiro atoms. The third-order valence-electron chi connectivity index (χ3n) is 5.85. The molecule has 30 heavy (non-hydrogen) atoms. The monoisotopic (exact) mass is 413 g/mol. The summed E-state index contributed by atoms with van der Waals surface area (Å²) in [4.78, 5) is 22.0. The highest BCUT2D eigenvalue weighted by Crippen LogP contribution is 2.45. The normalized spacial score (nSPS) is 16.2. The van der Waals surface area contributed by atoms with Gasteiger partial charge in [-0.25, -0.2) is 4.98 Å². The van der Waals surface area contributed by atoms with Crippen LogP contribution in [-0.4, -0.2) is 25.7 Å². The largest absolute Gasteiger partial charge is 0.322 e. The van der Waals surface area contributed by atoms with Crippen molar-refractivity contribution in [2.75, 3.05) is 5.32 Å². The first-order valence-corrected chi connectivity index (χ1v) is 10.7. The Morgan fingerprint density at radius 2 is 1.87 bits per heavy atom. The number of aromatic nitrogens is 4. The number of carbonyl (C=O) groups excluding carboxylic acids is 1. The average Bonchev–Trinajstić information content (AvgIpc) is 3.39. The summed E-state index contributed by atoms with van der Waals surface area (Å²) >= 11 is 1.78. The quantitative estimate of drug-likeness (QED) is 0.425. The third-order valence-corrected chi connectivity index (χ3v) is 6.95. The summed E-state index contributed by atoms with van der Waals surface area (Å²) in [5, 5.41) is 9.05. The maximum absolute atomic E-state index is 12.8. The number of anilines is 1. The molecule has 0 saturated heterocycles. The number of benzene rings is 2. The maximum atomic E-state index is 12.8. The van der Waals surface area contributed by atoms with Crippen LogP contribution in [0.2, 0.25) is 0 Å². The van der Waals surface area contributed by atoms with Crippen LogP contribution in [0.25, 0.3) is 27.1 Å². The summed E-state index contributed by atoms with van der Waals surface area (Å²) in [5.74, 6) is 1.29. The van der Waals surface area contributed by atoms with E-state index in [9.17, 15) is 4.79 Å². The first kappa shape index (κ1) is 17.4. The Balaban J connectivity index is 1.57. The molecule has 2 N–H and O–H groups in total. The Hall–Kier alpha value is -3.45. The van der Waals surface area contributed by atoms with Crippen LogP contribution in [0, 0.1) is 13.8 Å². The van der Waals surface area contributed by atoms with E-state index in [0.717, 1.165) is 22.3 Å². The van der Waals surface area contributed by atoms with Crippen molar-refractivity contribution in [1.29, 1.82) is 0 Å². The highest BCUT2D eigenvalue weighted by Gasteiger charge is 2.35. The second-order valence-corrected chi connectivity index (χ2v) is 8.97. The van der Waals surface area contributed by atoms with Crippen LogP contribution < -0.4 is 5.32 Å². The van der Waals surface area contributed by atoms with Gasteiger partial charge in [-0.3, -0.25) is 4.79 Å². The van der Waals surface area contributed by atoms with Gasteiger partial charge in [0, 0.05) is 27.5 Å². The van der Waals surface area contributed by atoms with Crippen LogP contribution in [0.15, 0.2) is 48.5 Å². The van der Waals surface area contributed by atoms with Crippen molar-refractivity contribution < 1.29 is 4.79 Å². The average molecular weight is 414 g/mol. The summed E-state index contributed by atoms with van der Waals surface area (Å²) in [7, 11) is 0. The lowest BCUT2D eigenvalue weighted by molar-refractivity contribution is -0.116. The molecule has 0 unspecified atom stereocenters. The van der Waals surface area contributed by atoms with Crippen molar-refractivity contribution in [3.05, 3.63) is 70.2 Å². The number of amides is 1. The van der Waals surface area contributed by atoms with E-state index in [-0.39, 0.29) is 11.8 Å². The zero-order valence-corrected chi connectivity index (χ0v) is 17.4. The number of thiophene rings is 1. The minimum Gasteiger partial charge on any atom is -0.322 e. The van der Waals surface area contributed by atoms with Gasteiger partial charge in [-0.15, -0.1) is 11.3 Å². The first-order chi connectivity index (χ1) is 14.6. The molecule has 148 valence electrons. The summed E-state index contributed by atoms with van der Waals surface area (Å²) < 4.78 is 2.98. The number of hydrogen-bond donors (Lipinski definition) is 2. The number of hydrogen-bond acceptors (Lipinski definition) is 4. The van der Waals surface area contributed by atoms with Crippen LogP contribution >= 0.6 is 11.3 Å². The molecule has 0 fully saturated rings. The molecule has 0 saturated carbocycles. The molecule has 0 bridgehead atoms. The van der Waals surface area contributed by atoms with E-state index in [1.807, 2.05) is 31.2 Å². The smallest absolute Gasteiger partial charge is 0.231 e. The predicted molar refractivity (Wildman–Crippen MR) is 120 cm³/mol. The van der Waals surface area contributed by atoms with Gasteiger partial charge >= 0.3 is 0 Å². The molecule has 4 heterocycles. The van der Waals surface area contributed by atoms with Crippen molar-refractivity contribution in [3.63, 3.8) is 0 Å². The Bertz CT molecular complexity index is 1420. The number of H-pyrrole nitrogens is 1. The molecular formula is C23H19N5OS. The maximum Gasteiger partial charge on any atom is 0.231 e. The molecule has 2 aromatic carbocycles. The highest BCUT2D eigenvalue weighted by atomic mass is 32.1. The van der Waals surface area contributed by atoms with Gasteiger partial charge < -0.3 is 10.3 Å². The van der Waals surface area contributed by atoms with Crippen LogP contribution in [0.1, 0.15) is 34.0 Å². The van der Waals surface area contributed by atoms with E-state index >= 15 is 0 Å². The second kappa shape index (κ2) is 6.27. The van der Waals surface area contributed by atoms with Gasteiger partial charge in [-0.2, -0.15) is 9.78 Å². The zero-order chi connectivity index (χ0) is 20.4. The summed E-state index contributed by atoms with van der Waals surface area (Å²) in [6, 6.07) is 16.3. The lowest BCUT2D eigenvalue weighted by Gasteiger charge is -2.24. The zero-order valence-electron chi connectivity index (χ0n) is 16.6. The van der Waals surface area contributed by atoms with Crippen molar-refractivity contribution in [2.45, 2.75) is 26.2 Å². The number of aromatic amines is 1. The minimum absolute atomic E-state index is 0.000516. The van der Waals surface area contributed by atoms with Gasteiger partial charge in [-0.1, -0.05) is 30.3 Å². The lowest BCUT2D eigenvalue weighted by Crippen LogP contribution is -2.25. The number of imidazole rings is 1. The van der Waals surface area contributed by atoms with Crippen molar-refractivity contribution in [3.8, 4) is 5.95 Å². The van der Waals surface area contributed by atoms with Gasteiger partial charge in [0.2, 0.25) is 11.9 Å². The highest BCUT2D eigenvalue weighted by molar-refractivity contribution is 7.19. The van der Waals surface area contributed by atoms with Crippen LogP contribution in [0.4, 0.5) is 5.82 Å². The van der Waals surface area contributed by atoms with Crippen molar-refractivity contribution in [1.82, 2.24) is 19.7 Å². The van der Waals surface area contributed by atoms with E-state index in [2.05, 4.69) is 46.5 Å².